The lowest BCUT2D eigenvalue weighted by Gasteiger charge is -2.20. The second kappa shape index (κ2) is 5.55. The minimum atomic E-state index is -0.125. The number of hydrogen-bond acceptors (Lipinski definition) is 1. The van der Waals surface area contributed by atoms with Gasteiger partial charge in [0.2, 0.25) is 0 Å². The smallest absolute Gasteiger partial charge is 0.0971 e. The maximum Gasteiger partial charge on any atom is 0.0971 e. The molecule has 0 saturated heterocycles. The van der Waals surface area contributed by atoms with E-state index in [9.17, 15) is 0 Å². The van der Waals surface area contributed by atoms with Crippen LogP contribution < -0.4 is 0 Å². The van der Waals surface area contributed by atoms with Gasteiger partial charge in [-0.05, 0) is 25.0 Å². The highest BCUT2D eigenvalue weighted by molar-refractivity contribution is 5.12. The molecule has 72 valence electrons. The van der Waals surface area contributed by atoms with Crippen LogP contribution in [-0.2, 0) is 4.74 Å². The predicted molar refractivity (Wildman–Crippen MR) is 58.7 cm³/mol. The molecule has 0 aromatic rings. The van der Waals surface area contributed by atoms with Crippen LogP contribution >= 0.6 is 0 Å². The summed E-state index contributed by atoms with van der Waals surface area (Å²) in [5.74, 6) is 0. The van der Waals surface area contributed by atoms with Gasteiger partial charge in [0, 0.05) is 0 Å². The van der Waals surface area contributed by atoms with Gasteiger partial charge in [0.1, 0.15) is 0 Å². The van der Waals surface area contributed by atoms with Gasteiger partial charge >= 0.3 is 0 Å². The Bertz CT molecular complexity index is 201. The average Bonchev–Trinajstić information content (AvgIpc) is 2.05. The van der Waals surface area contributed by atoms with Crippen molar-refractivity contribution in [2.75, 3.05) is 0 Å². The fourth-order valence-corrected chi connectivity index (χ4v) is 0.904. The van der Waals surface area contributed by atoms with Crippen LogP contribution in [0.3, 0.4) is 0 Å². The predicted octanol–water partition coefficient (Wildman–Crippen LogP) is 3.26. The van der Waals surface area contributed by atoms with Gasteiger partial charge in [0.05, 0.1) is 12.2 Å². The molecule has 0 bridgehead atoms. The zero-order valence-electron chi connectivity index (χ0n) is 8.55. The van der Waals surface area contributed by atoms with Crippen LogP contribution in [0.1, 0.15) is 13.8 Å². The van der Waals surface area contributed by atoms with Crippen molar-refractivity contribution < 1.29 is 4.74 Å². The molecule has 2 unspecified atom stereocenters. The van der Waals surface area contributed by atoms with Crippen LogP contribution in [0, 0.1) is 0 Å². The third kappa shape index (κ3) is 3.90. The van der Waals surface area contributed by atoms with Gasteiger partial charge in [0.15, 0.2) is 0 Å². The van der Waals surface area contributed by atoms with Crippen LogP contribution in [-0.4, -0.2) is 12.2 Å². The number of ether oxygens (including phenoxy) is 1. The Balaban J connectivity index is 4.36. The Kier molecular flexibility index (Phi) is 5.09. The van der Waals surface area contributed by atoms with Crippen molar-refractivity contribution in [3.05, 3.63) is 49.6 Å². The van der Waals surface area contributed by atoms with E-state index in [-0.39, 0.29) is 12.2 Å². The lowest BCUT2D eigenvalue weighted by molar-refractivity contribution is 0.0835. The van der Waals surface area contributed by atoms with E-state index in [0.29, 0.717) is 0 Å². The minimum Gasteiger partial charge on any atom is -0.358 e. The Morgan fingerprint density at radius 1 is 1.00 bits per heavy atom. The first-order valence-corrected chi connectivity index (χ1v) is 4.24. The van der Waals surface area contributed by atoms with E-state index < -0.39 is 0 Å². The van der Waals surface area contributed by atoms with E-state index in [1.54, 1.807) is 12.2 Å². The molecule has 0 N–H and O–H groups in total. The zero-order chi connectivity index (χ0) is 10.4. The summed E-state index contributed by atoms with van der Waals surface area (Å²) in [5.41, 5.74) is 1.87. The first kappa shape index (κ1) is 11.9. The molecule has 13 heavy (non-hydrogen) atoms. The van der Waals surface area contributed by atoms with Crippen molar-refractivity contribution >= 4 is 0 Å². The first-order chi connectivity index (χ1) is 6.02. The lowest BCUT2D eigenvalue weighted by atomic mass is 10.1. The second-order valence-corrected chi connectivity index (χ2v) is 3.14. The summed E-state index contributed by atoms with van der Waals surface area (Å²) in [5, 5.41) is 0. The van der Waals surface area contributed by atoms with E-state index in [0.717, 1.165) is 11.1 Å². The Morgan fingerprint density at radius 3 is 1.46 bits per heavy atom. The lowest BCUT2D eigenvalue weighted by Crippen LogP contribution is -2.20. The van der Waals surface area contributed by atoms with Gasteiger partial charge in [0.25, 0.3) is 0 Å². The maximum atomic E-state index is 5.64. The van der Waals surface area contributed by atoms with Crippen molar-refractivity contribution in [1.29, 1.82) is 0 Å². The molecular formula is C12H18O. The van der Waals surface area contributed by atoms with E-state index >= 15 is 0 Å². The average molecular weight is 178 g/mol. The Hall–Kier alpha value is -1.08. The van der Waals surface area contributed by atoms with Crippen LogP contribution in [0.4, 0.5) is 0 Å². The summed E-state index contributed by atoms with van der Waals surface area (Å²) in [6.45, 7) is 18.8. The van der Waals surface area contributed by atoms with Crippen molar-refractivity contribution in [1.82, 2.24) is 0 Å². The van der Waals surface area contributed by atoms with Gasteiger partial charge < -0.3 is 4.74 Å². The molecule has 1 heteroatoms. The fraction of sp³-hybridized carbons (Fsp3) is 0.333. The van der Waals surface area contributed by atoms with Crippen molar-refractivity contribution in [3.63, 3.8) is 0 Å². The summed E-state index contributed by atoms with van der Waals surface area (Å²) in [6.07, 6.45) is 3.20. The van der Waals surface area contributed by atoms with Crippen molar-refractivity contribution in [3.8, 4) is 0 Å². The molecule has 0 aromatic carbocycles. The van der Waals surface area contributed by atoms with Crippen molar-refractivity contribution in [2.45, 2.75) is 26.1 Å². The molecule has 0 spiro atoms. The first-order valence-electron chi connectivity index (χ1n) is 4.24. The third-order valence-electron chi connectivity index (χ3n) is 1.69. The molecule has 0 aliphatic rings. The highest BCUT2D eigenvalue weighted by Crippen LogP contribution is 2.13. The van der Waals surface area contributed by atoms with Crippen LogP contribution in [0.5, 0.6) is 0 Å². The highest BCUT2D eigenvalue weighted by Gasteiger charge is 2.11. The Morgan fingerprint density at radius 2 is 1.31 bits per heavy atom. The van der Waals surface area contributed by atoms with Gasteiger partial charge in [-0.15, -0.1) is 13.2 Å². The molecule has 0 amide bonds. The standard InChI is InChI=1S/C12H18O/c1-7-11(9(3)4)13-12(8-2)10(5)6/h7-8,11-12H,1-3,5H2,4,6H3. The number of rotatable bonds is 6. The second-order valence-electron chi connectivity index (χ2n) is 3.14. The maximum absolute atomic E-state index is 5.64. The molecule has 0 heterocycles. The normalized spacial score (nSPS) is 14.3. The fourth-order valence-electron chi connectivity index (χ4n) is 0.904. The van der Waals surface area contributed by atoms with Crippen LogP contribution in [0.15, 0.2) is 49.6 Å². The monoisotopic (exact) mass is 178 g/mol. The van der Waals surface area contributed by atoms with Gasteiger partial charge in [-0.3, -0.25) is 0 Å². The topological polar surface area (TPSA) is 9.23 Å². The largest absolute Gasteiger partial charge is 0.358 e. The summed E-state index contributed by atoms with van der Waals surface area (Å²) in [4.78, 5) is 0. The van der Waals surface area contributed by atoms with Crippen LogP contribution in [0.25, 0.3) is 0 Å². The van der Waals surface area contributed by atoms with Gasteiger partial charge in [-0.2, -0.15) is 0 Å². The molecular weight excluding hydrogens is 160 g/mol. The Labute approximate surface area is 81.1 Å². The summed E-state index contributed by atoms with van der Waals surface area (Å²) in [6, 6.07) is 0. The third-order valence-corrected chi connectivity index (χ3v) is 1.69. The summed E-state index contributed by atoms with van der Waals surface area (Å²) in [7, 11) is 0. The minimum absolute atomic E-state index is 0.125. The van der Waals surface area contributed by atoms with E-state index in [4.69, 9.17) is 4.74 Å². The molecule has 0 aromatic heterocycles. The highest BCUT2D eigenvalue weighted by atomic mass is 16.5. The molecule has 1 nitrogen and oxygen atoms in total. The van der Waals surface area contributed by atoms with Crippen molar-refractivity contribution in [2.24, 2.45) is 0 Å². The summed E-state index contributed by atoms with van der Waals surface area (Å²) < 4.78 is 5.64. The molecule has 0 fully saturated rings. The van der Waals surface area contributed by atoms with E-state index in [1.165, 1.54) is 0 Å². The number of hydrogen-bond donors (Lipinski definition) is 0. The molecule has 0 aliphatic heterocycles. The summed E-state index contributed by atoms with van der Waals surface area (Å²) >= 11 is 0. The molecule has 0 saturated carbocycles. The van der Waals surface area contributed by atoms with Gasteiger partial charge in [-0.1, -0.05) is 25.3 Å². The molecule has 0 radical (unpaired) electrons. The van der Waals surface area contributed by atoms with E-state index in [1.807, 2.05) is 13.8 Å². The molecule has 2 atom stereocenters. The zero-order valence-corrected chi connectivity index (χ0v) is 8.55. The van der Waals surface area contributed by atoms with Gasteiger partial charge in [-0.25, -0.2) is 0 Å². The molecule has 0 rings (SSSR count). The quantitative estimate of drug-likeness (QED) is 0.567. The SMILES string of the molecule is C=CC(OC(C=C)C(=C)C)C(=C)C. The molecule has 0 aliphatic carbocycles. The van der Waals surface area contributed by atoms with E-state index in [2.05, 4.69) is 26.3 Å². The van der Waals surface area contributed by atoms with Crippen LogP contribution in [0.2, 0.25) is 0 Å².